The van der Waals surface area contributed by atoms with Crippen LogP contribution in [-0.2, 0) is 24.5 Å². The first kappa shape index (κ1) is 21.4. The molecule has 1 aromatic carbocycles. The molecule has 30 heavy (non-hydrogen) atoms. The fraction of sp³-hybridized carbons (Fsp3) is 0.680. The first-order valence-electron chi connectivity index (χ1n) is 11.7. The molecule has 4 rings (SSSR count). The Morgan fingerprint density at radius 2 is 1.57 bits per heavy atom. The van der Waals surface area contributed by atoms with Gasteiger partial charge in [-0.3, -0.25) is 9.59 Å². The van der Waals surface area contributed by atoms with Gasteiger partial charge in [-0.15, -0.1) is 0 Å². The predicted octanol–water partition coefficient (Wildman–Crippen LogP) is 3.99. The molecule has 0 spiro atoms. The van der Waals surface area contributed by atoms with Crippen molar-refractivity contribution in [1.82, 2.24) is 0 Å². The molecular weight excluding hydrogens is 378 g/mol. The molecule has 0 aromatic heterocycles. The molecule has 3 fully saturated rings. The predicted molar refractivity (Wildman–Crippen MR) is 115 cm³/mol. The molecule has 5 nitrogen and oxygen atoms in total. The average molecular weight is 415 g/mol. The van der Waals surface area contributed by atoms with Crippen molar-refractivity contribution in [1.29, 1.82) is 0 Å². The number of carbonyl (C=O) groups excluding carboxylic acids is 2. The van der Waals surface area contributed by atoms with Crippen molar-refractivity contribution in [3.05, 3.63) is 35.9 Å². The minimum absolute atomic E-state index is 0.0704. The smallest absolute Gasteiger partial charge is 0.328 e. The zero-order valence-corrected chi connectivity index (χ0v) is 18.6. The van der Waals surface area contributed by atoms with Crippen LogP contribution in [0.2, 0.25) is 0 Å². The summed E-state index contributed by atoms with van der Waals surface area (Å²) >= 11 is 0. The van der Waals surface area contributed by atoms with E-state index in [1.165, 1.54) is 12.8 Å². The fourth-order valence-corrected chi connectivity index (χ4v) is 6.36. The highest BCUT2D eigenvalue weighted by molar-refractivity contribution is 6.07. The van der Waals surface area contributed by atoms with Gasteiger partial charge in [-0.25, -0.2) is 0 Å². The largest absolute Gasteiger partial charge is 0.465 e. The highest BCUT2D eigenvalue weighted by atomic mass is 16.6. The number of ether oxygens (including phenoxy) is 2. The normalized spacial score (nSPS) is 29.9. The van der Waals surface area contributed by atoms with Gasteiger partial charge in [0.2, 0.25) is 0 Å². The van der Waals surface area contributed by atoms with Crippen LogP contribution in [0.1, 0.15) is 63.9 Å². The fourth-order valence-electron chi connectivity index (χ4n) is 6.36. The van der Waals surface area contributed by atoms with Crippen LogP contribution in [0.5, 0.6) is 0 Å². The molecule has 1 aromatic rings. The molecule has 2 saturated heterocycles. The molecule has 164 valence electrons. The zero-order chi connectivity index (χ0) is 21.4. The van der Waals surface area contributed by atoms with Crippen molar-refractivity contribution < 1.29 is 23.5 Å². The average Bonchev–Trinajstić information content (AvgIpc) is 3.27. The Labute approximate surface area is 180 Å². The summed E-state index contributed by atoms with van der Waals surface area (Å²) < 4.78 is 12.8. The third-order valence-electron chi connectivity index (χ3n) is 8.18. The number of benzene rings is 1. The minimum atomic E-state index is -1.35. The van der Waals surface area contributed by atoms with Crippen molar-refractivity contribution in [2.45, 2.75) is 81.9 Å². The van der Waals surface area contributed by atoms with E-state index in [1.807, 2.05) is 30.3 Å². The van der Waals surface area contributed by atoms with Crippen LogP contribution in [0.3, 0.4) is 0 Å². The van der Waals surface area contributed by atoms with E-state index in [0.717, 1.165) is 48.6 Å². The van der Waals surface area contributed by atoms with E-state index in [-0.39, 0.29) is 18.6 Å². The molecule has 2 aliphatic heterocycles. The van der Waals surface area contributed by atoms with Gasteiger partial charge >= 0.3 is 11.9 Å². The van der Waals surface area contributed by atoms with E-state index in [0.29, 0.717) is 12.1 Å². The number of hydrogen-bond donors (Lipinski definition) is 0. The van der Waals surface area contributed by atoms with E-state index in [2.05, 4.69) is 14.1 Å². The summed E-state index contributed by atoms with van der Waals surface area (Å²) in [6, 6.07) is 10.5. The van der Waals surface area contributed by atoms with Gasteiger partial charge in [-0.1, -0.05) is 43.2 Å². The quantitative estimate of drug-likeness (QED) is 0.401. The van der Waals surface area contributed by atoms with Crippen LogP contribution < -0.4 is 0 Å². The van der Waals surface area contributed by atoms with Crippen LogP contribution in [0.15, 0.2) is 30.3 Å². The second-order valence-electron chi connectivity index (χ2n) is 9.89. The Morgan fingerprint density at radius 3 is 2.13 bits per heavy atom. The van der Waals surface area contributed by atoms with E-state index in [4.69, 9.17) is 9.47 Å². The van der Waals surface area contributed by atoms with Gasteiger partial charge < -0.3 is 14.0 Å². The van der Waals surface area contributed by atoms with Gasteiger partial charge in [0.05, 0.1) is 32.8 Å². The van der Waals surface area contributed by atoms with Gasteiger partial charge in [-0.05, 0) is 31.2 Å². The lowest BCUT2D eigenvalue weighted by Gasteiger charge is -2.44. The second kappa shape index (κ2) is 8.33. The van der Waals surface area contributed by atoms with Crippen LogP contribution in [0, 0.1) is 5.92 Å². The van der Waals surface area contributed by atoms with Gasteiger partial charge in [0.15, 0.2) is 5.41 Å². The molecule has 3 unspecified atom stereocenters. The summed E-state index contributed by atoms with van der Waals surface area (Å²) in [4.78, 5) is 27.4. The van der Waals surface area contributed by atoms with Crippen LogP contribution >= 0.6 is 0 Å². The Balaban J connectivity index is 1.67. The van der Waals surface area contributed by atoms with Gasteiger partial charge in [0.25, 0.3) is 0 Å². The Kier molecular flexibility index (Phi) is 5.93. The first-order valence-corrected chi connectivity index (χ1v) is 11.7. The lowest BCUT2D eigenvalue weighted by atomic mass is 9.69. The van der Waals surface area contributed by atoms with E-state index in [9.17, 15) is 9.59 Å². The highest BCUT2D eigenvalue weighted by Gasteiger charge is 2.58. The third-order valence-corrected chi connectivity index (χ3v) is 8.18. The number of quaternary nitrogens is 1. The SMILES string of the molecule is CCOC(=O)C(C(=O)OC1CC2CCC(C1)[N+]2(C)C)(c1ccccc1)C1CCCC1. The van der Waals surface area contributed by atoms with E-state index < -0.39 is 17.4 Å². The van der Waals surface area contributed by atoms with Gasteiger partial charge in [0.1, 0.15) is 6.10 Å². The maximum Gasteiger partial charge on any atom is 0.328 e. The summed E-state index contributed by atoms with van der Waals surface area (Å²) in [6.45, 7) is 2.05. The summed E-state index contributed by atoms with van der Waals surface area (Å²) in [5, 5.41) is 0. The highest BCUT2D eigenvalue weighted by Crippen LogP contribution is 2.46. The third kappa shape index (κ3) is 3.45. The van der Waals surface area contributed by atoms with Crippen molar-refractivity contribution in [3.8, 4) is 0 Å². The Bertz CT molecular complexity index is 755. The van der Waals surface area contributed by atoms with Crippen LogP contribution in [-0.4, -0.2) is 55.3 Å². The molecule has 0 amide bonds. The topological polar surface area (TPSA) is 52.6 Å². The van der Waals surface area contributed by atoms with Crippen LogP contribution in [0.4, 0.5) is 0 Å². The zero-order valence-electron chi connectivity index (χ0n) is 18.6. The lowest BCUT2D eigenvalue weighted by Crippen LogP contribution is -2.57. The van der Waals surface area contributed by atoms with Crippen molar-refractivity contribution in [3.63, 3.8) is 0 Å². The van der Waals surface area contributed by atoms with E-state index in [1.54, 1.807) is 6.92 Å². The Hall–Kier alpha value is -1.88. The summed E-state index contributed by atoms with van der Waals surface area (Å²) in [5.41, 5.74) is -0.635. The standard InChI is InChI=1S/C25H36NO4/c1-4-29-23(27)25(19-12-8-9-13-19,18-10-6-5-7-11-18)24(28)30-22-16-20-14-15-21(17-22)26(20,2)3/h5-7,10-11,19-22H,4,8-9,12-17H2,1-3H3/q+1. The molecule has 2 heterocycles. The molecule has 1 saturated carbocycles. The van der Waals surface area contributed by atoms with Crippen molar-refractivity contribution in [2.24, 2.45) is 5.92 Å². The number of rotatable bonds is 6. The first-order chi connectivity index (χ1) is 14.4. The number of carbonyl (C=O) groups is 2. The molecule has 5 heteroatoms. The Morgan fingerprint density at radius 1 is 0.967 bits per heavy atom. The van der Waals surface area contributed by atoms with Gasteiger partial charge in [0, 0.05) is 25.7 Å². The summed E-state index contributed by atoms with van der Waals surface area (Å²) in [7, 11) is 4.59. The number of fused-ring (bicyclic) bond motifs is 2. The molecular formula is C25H36NO4+. The monoisotopic (exact) mass is 414 g/mol. The van der Waals surface area contributed by atoms with Crippen molar-refractivity contribution >= 4 is 11.9 Å². The van der Waals surface area contributed by atoms with Crippen LogP contribution in [0.25, 0.3) is 0 Å². The van der Waals surface area contributed by atoms with E-state index >= 15 is 0 Å². The maximum absolute atomic E-state index is 13.9. The maximum atomic E-state index is 13.9. The molecule has 0 N–H and O–H groups in total. The van der Waals surface area contributed by atoms with Crippen molar-refractivity contribution in [2.75, 3.05) is 20.7 Å². The summed E-state index contributed by atoms with van der Waals surface area (Å²) in [5.74, 6) is -0.905. The molecule has 0 radical (unpaired) electrons. The minimum Gasteiger partial charge on any atom is -0.465 e. The van der Waals surface area contributed by atoms with Gasteiger partial charge in [-0.2, -0.15) is 0 Å². The number of piperidine rings is 1. The number of hydrogen-bond acceptors (Lipinski definition) is 4. The lowest BCUT2D eigenvalue weighted by molar-refractivity contribution is -0.931. The number of nitrogens with zero attached hydrogens (tertiary/aromatic N) is 1. The molecule has 3 atom stereocenters. The second-order valence-corrected chi connectivity index (χ2v) is 9.89. The molecule has 3 aliphatic rings. The molecule has 2 bridgehead atoms. The number of esters is 2. The summed E-state index contributed by atoms with van der Waals surface area (Å²) in [6.07, 6.45) is 7.80. The molecule has 1 aliphatic carbocycles.